The van der Waals surface area contributed by atoms with Crippen molar-refractivity contribution in [3.63, 3.8) is 0 Å². The smallest absolute Gasteiger partial charge is 0.204 e. The Bertz CT molecular complexity index is 829. The van der Waals surface area contributed by atoms with Gasteiger partial charge in [0, 0.05) is 10.6 Å². The van der Waals surface area contributed by atoms with Crippen molar-refractivity contribution in [1.29, 1.82) is 0 Å². The van der Waals surface area contributed by atoms with Crippen molar-refractivity contribution < 1.29 is 5.11 Å². The number of halogens is 1. The van der Waals surface area contributed by atoms with Crippen LogP contribution in [0.15, 0.2) is 41.5 Å². The van der Waals surface area contributed by atoms with Crippen LogP contribution in [0.3, 0.4) is 0 Å². The van der Waals surface area contributed by atoms with Crippen LogP contribution in [0, 0.1) is 6.92 Å². The number of anilines is 1. The molecule has 0 aliphatic rings. The average molecular weight is 318 g/mol. The van der Waals surface area contributed by atoms with Crippen LogP contribution in [-0.4, -0.2) is 16.3 Å². The van der Waals surface area contributed by atoms with Gasteiger partial charge in [-0.2, -0.15) is 5.10 Å². The number of benzene rings is 2. The number of hydrogen-bond donors (Lipinski definition) is 2. The maximum Gasteiger partial charge on any atom is 0.204 e. The van der Waals surface area contributed by atoms with Gasteiger partial charge in [0.1, 0.15) is 5.75 Å². The number of rotatable bonds is 3. The molecule has 1 heterocycles. The summed E-state index contributed by atoms with van der Waals surface area (Å²) in [5, 5.41) is 15.0. The predicted octanol–water partition coefficient (Wildman–Crippen LogP) is 4.41. The Morgan fingerprint density at radius 3 is 3.00 bits per heavy atom. The summed E-state index contributed by atoms with van der Waals surface area (Å²) < 4.78 is 1.11. The molecule has 0 saturated carbocycles. The molecule has 0 aliphatic heterocycles. The Labute approximate surface area is 130 Å². The highest BCUT2D eigenvalue weighted by atomic mass is 35.5. The Kier molecular flexibility index (Phi) is 3.77. The van der Waals surface area contributed by atoms with Crippen LogP contribution in [0.2, 0.25) is 5.02 Å². The summed E-state index contributed by atoms with van der Waals surface area (Å²) in [5.41, 5.74) is 5.56. The van der Waals surface area contributed by atoms with Gasteiger partial charge < -0.3 is 5.11 Å². The molecule has 0 amide bonds. The second-order valence-corrected chi connectivity index (χ2v) is 6.03. The fraction of sp³-hybridized carbons (Fsp3) is 0.0667. The third-order valence-corrected chi connectivity index (χ3v) is 4.06. The molecule has 2 aromatic carbocycles. The number of aromatic nitrogens is 1. The summed E-state index contributed by atoms with van der Waals surface area (Å²) >= 11 is 7.41. The SMILES string of the molecule is Cc1ccc2nc(N/N=C\c3cc(Cl)ccc3O)sc2c1. The number of aryl methyl sites for hydroxylation is 1. The number of fused-ring (bicyclic) bond motifs is 1. The van der Waals surface area contributed by atoms with E-state index >= 15 is 0 Å². The summed E-state index contributed by atoms with van der Waals surface area (Å²) in [6, 6.07) is 10.9. The maximum atomic E-state index is 9.69. The number of nitrogens with zero attached hydrogens (tertiary/aromatic N) is 2. The number of hydrogen-bond acceptors (Lipinski definition) is 5. The molecule has 4 nitrogen and oxygen atoms in total. The summed E-state index contributed by atoms with van der Waals surface area (Å²) in [5.74, 6) is 0.130. The van der Waals surface area contributed by atoms with Gasteiger partial charge >= 0.3 is 0 Å². The first-order valence-electron chi connectivity index (χ1n) is 6.26. The van der Waals surface area contributed by atoms with Gasteiger partial charge in [0.05, 0.1) is 16.4 Å². The van der Waals surface area contributed by atoms with E-state index in [1.807, 2.05) is 19.1 Å². The third-order valence-electron chi connectivity index (χ3n) is 2.90. The van der Waals surface area contributed by atoms with Crippen molar-refractivity contribution in [2.45, 2.75) is 6.92 Å². The second-order valence-electron chi connectivity index (χ2n) is 4.56. The van der Waals surface area contributed by atoms with Crippen LogP contribution < -0.4 is 5.43 Å². The molecule has 0 radical (unpaired) electrons. The Hall–Kier alpha value is -2.11. The van der Waals surface area contributed by atoms with Gasteiger partial charge in [-0.1, -0.05) is 29.0 Å². The number of phenolic OH excluding ortho intramolecular Hbond substituents is 1. The van der Waals surface area contributed by atoms with E-state index in [4.69, 9.17) is 11.6 Å². The van der Waals surface area contributed by atoms with Crippen LogP contribution >= 0.6 is 22.9 Å². The molecular weight excluding hydrogens is 306 g/mol. The number of aromatic hydroxyl groups is 1. The lowest BCUT2D eigenvalue weighted by Gasteiger charge is -1.98. The predicted molar refractivity (Wildman–Crippen MR) is 88.7 cm³/mol. The van der Waals surface area contributed by atoms with E-state index in [2.05, 4.69) is 21.6 Å². The van der Waals surface area contributed by atoms with Crippen molar-refractivity contribution in [1.82, 2.24) is 4.98 Å². The molecule has 0 unspecified atom stereocenters. The average Bonchev–Trinajstić information content (AvgIpc) is 2.84. The van der Waals surface area contributed by atoms with Gasteiger partial charge in [-0.15, -0.1) is 0 Å². The minimum atomic E-state index is 0.130. The Morgan fingerprint density at radius 1 is 1.29 bits per heavy atom. The Balaban J connectivity index is 1.79. The highest BCUT2D eigenvalue weighted by Gasteiger charge is 2.03. The minimum absolute atomic E-state index is 0.130. The molecule has 0 fully saturated rings. The fourth-order valence-corrected chi connectivity index (χ4v) is 2.96. The third kappa shape index (κ3) is 3.15. The molecule has 0 saturated heterocycles. The van der Waals surface area contributed by atoms with Crippen molar-refractivity contribution in [2.24, 2.45) is 5.10 Å². The number of nitrogens with one attached hydrogen (secondary N) is 1. The zero-order valence-electron chi connectivity index (χ0n) is 11.2. The van der Waals surface area contributed by atoms with Gasteiger partial charge in [-0.25, -0.2) is 4.98 Å². The number of hydrazone groups is 1. The molecule has 0 aliphatic carbocycles. The largest absolute Gasteiger partial charge is 0.507 e. The zero-order valence-corrected chi connectivity index (χ0v) is 12.7. The number of thiazole rings is 1. The monoisotopic (exact) mass is 317 g/mol. The summed E-state index contributed by atoms with van der Waals surface area (Å²) in [4.78, 5) is 4.43. The molecular formula is C15H12ClN3OS. The maximum absolute atomic E-state index is 9.69. The van der Waals surface area contributed by atoms with Gasteiger partial charge in [0.15, 0.2) is 0 Å². The molecule has 6 heteroatoms. The molecule has 106 valence electrons. The van der Waals surface area contributed by atoms with Crippen LogP contribution in [0.1, 0.15) is 11.1 Å². The quantitative estimate of drug-likeness (QED) is 0.555. The van der Waals surface area contributed by atoms with E-state index in [1.165, 1.54) is 29.2 Å². The van der Waals surface area contributed by atoms with Gasteiger partial charge in [0.2, 0.25) is 5.13 Å². The zero-order chi connectivity index (χ0) is 14.8. The molecule has 1 aromatic heterocycles. The van der Waals surface area contributed by atoms with Gasteiger partial charge in [-0.05, 0) is 42.8 Å². The van der Waals surface area contributed by atoms with E-state index in [0.29, 0.717) is 15.7 Å². The van der Waals surface area contributed by atoms with Crippen molar-refractivity contribution in [3.05, 3.63) is 52.5 Å². The first kappa shape index (κ1) is 13.9. The lowest BCUT2D eigenvalue weighted by Crippen LogP contribution is -1.90. The molecule has 3 rings (SSSR count). The highest BCUT2D eigenvalue weighted by Crippen LogP contribution is 2.26. The fourth-order valence-electron chi connectivity index (χ4n) is 1.87. The highest BCUT2D eigenvalue weighted by molar-refractivity contribution is 7.22. The molecule has 3 aromatic rings. The summed E-state index contributed by atoms with van der Waals surface area (Å²) in [6.45, 7) is 2.05. The lowest BCUT2D eigenvalue weighted by atomic mass is 10.2. The van der Waals surface area contributed by atoms with E-state index in [1.54, 1.807) is 12.1 Å². The van der Waals surface area contributed by atoms with Crippen LogP contribution in [-0.2, 0) is 0 Å². The van der Waals surface area contributed by atoms with E-state index in [9.17, 15) is 5.11 Å². The molecule has 2 N–H and O–H groups in total. The van der Waals surface area contributed by atoms with Gasteiger partial charge in [0.25, 0.3) is 0 Å². The van der Waals surface area contributed by atoms with Crippen LogP contribution in [0.4, 0.5) is 5.13 Å². The van der Waals surface area contributed by atoms with E-state index in [0.717, 1.165) is 10.2 Å². The Morgan fingerprint density at radius 2 is 2.14 bits per heavy atom. The second kappa shape index (κ2) is 5.71. The minimum Gasteiger partial charge on any atom is -0.507 e. The van der Waals surface area contributed by atoms with Crippen LogP contribution in [0.5, 0.6) is 5.75 Å². The van der Waals surface area contributed by atoms with Crippen molar-refractivity contribution >= 4 is 44.5 Å². The topological polar surface area (TPSA) is 57.5 Å². The van der Waals surface area contributed by atoms with E-state index in [-0.39, 0.29) is 5.75 Å². The standard InChI is InChI=1S/C15H12ClN3OS/c1-9-2-4-12-14(6-9)21-15(18-12)19-17-8-10-7-11(16)3-5-13(10)20/h2-8,20H,1H3,(H,18,19)/b17-8-. The molecule has 0 bridgehead atoms. The van der Waals surface area contributed by atoms with Crippen molar-refractivity contribution in [2.75, 3.05) is 5.43 Å². The van der Waals surface area contributed by atoms with Gasteiger partial charge in [-0.3, -0.25) is 5.43 Å². The number of phenols is 1. The normalized spacial score (nSPS) is 11.3. The first-order valence-corrected chi connectivity index (χ1v) is 7.46. The summed E-state index contributed by atoms with van der Waals surface area (Å²) in [6.07, 6.45) is 1.51. The molecule has 0 spiro atoms. The molecule has 0 atom stereocenters. The van der Waals surface area contributed by atoms with Crippen molar-refractivity contribution in [3.8, 4) is 5.75 Å². The first-order chi connectivity index (χ1) is 10.1. The molecule has 21 heavy (non-hydrogen) atoms. The summed E-state index contributed by atoms with van der Waals surface area (Å²) in [7, 11) is 0. The van der Waals surface area contributed by atoms with Crippen LogP contribution in [0.25, 0.3) is 10.2 Å². The lowest BCUT2D eigenvalue weighted by molar-refractivity contribution is 0.474. The van der Waals surface area contributed by atoms with E-state index < -0.39 is 0 Å².